The number of hydrazine groups is 1. The van der Waals surface area contributed by atoms with Crippen molar-refractivity contribution in [2.45, 2.75) is 12.6 Å². The minimum Gasteiger partial charge on any atom is -0.269 e. The largest absolute Gasteiger partial charge is 0.416 e. The van der Waals surface area contributed by atoms with Gasteiger partial charge in [0.1, 0.15) is 0 Å². The molecule has 0 aromatic heterocycles. The minimum atomic E-state index is -4.27. The van der Waals surface area contributed by atoms with Crippen LogP contribution in [0.25, 0.3) is 0 Å². The van der Waals surface area contributed by atoms with E-state index in [9.17, 15) is 13.2 Å². The van der Waals surface area contributed by atoms with Crippen LogP contribution in [0, 0.1) is 0 Å². The van der Waals surface area contributed by atoms with Crippen molar-refractivity contribution in [3.05, 3.63) is 35.4 Å². The lowest BCUT2D eigenvalue weighted by molar-refractivity contribution is -0.137. The van der Waals surface area contributed by atoms with Gasteiger partial charge in [0, 0.05) is 13.6 Å². The molecule has 1 rings (SSSR count). The maximum Gasteiger partial charge on any atom is 0.416 e. The zero-order valence-electron chi connectivity index (χ0n) is 8.38. The first-order chi connectivity index (χ1) is 6.89. The third-order valence-corrected chi connectivity index (χ3v) is 2.01. The normalized spacial score (nSPS) is 12.1. The zero-order valence-corrected chi connectivity index (χ0v) is 8.38. The molecule has 0 unspecified atom stereocenters. The molecule has 84 valence electrons. The van der Waals surface area contributed by atoms with Crippen LogP contribution in [-0.2, 0) is 12.6 Å². The van der Waals surface area contributed by atoms with Gasteiger partial charge in [-0.25, -0.2) is 5.01 Å². The van der Waals surface area contributed by atoms with Crippen molar-refractivity contribution in [3.8, 4) is 0 Å². The molecule has 2 N–H and O–H groups in total. The van der Waals surface area contributed by atoms with Crippen LogP contribution in [0.5, 0.6) is 0 Å². The minimum absolute atomic E-state index is 0.511. The summed E-state index contributed by atoms with van der Waals surface area (Å²) in [6.45, 7) is 0.529. The van der Waals surface area contributed by atoms with Crippen LogP contribution in [0.3, 0.4) is 0 Å². The highest BCUT2D eigenvalue weighted by Crippen LogP contribution is 2.29. The van der Waals surface area contributed by atoms with Crippen LogP contribution in [0.15, 0.2) is 24.3 Å². The number of hydrogen-bond acceptors (Lipinski definition) is 2. The fraction of sp³-hybridized carbons (Fsp3) is 0.400. The lowest BCUT2D eigenvalue weighted by Gasteiger charge is -2.11. The molecule has 0 amide bonds. The molecule has 5 heteroatoms. The van der Waals surface area contributed by atoms with Crippen molar-refractivity contribution < 1.29 is 13.2 Å². The van der Waals surface area contributed by atoms with Gasteiger partial charge in [0.15, 0.2) is 0 Å². The van der Waals surface area contributed by atoms with Crippen molar-refractivity contribution in [2.24, 2.45) is 5.84 Å². The van der Waals surface area contributed by atoms with Gasteiger partial charge in [0.2, 0.25) is 0 Å². The molecular formula is C10H13F3N2. The number of hydrogen-bond donors (Lipinski definition) is 1. The standard InChI is InChI=1S/C10H13F3N2/c1-15(14)6-5-8-3-2-4-9(7-8)10(11,12)13/h2-4,7H,5-6,14H2,1H3. The molecule has 0 atom stereocenters. The SMILES string of the molecule is CN(N)CCc1cccc(C(F)(F)F)c1. The van der Waals surface area contributed by atoms with E-state index in [0.29, 0.717) is 18.5 Å². The number of rotatable bonds is 3. The third kappa shape index (κ3) is 3.89. The van der Waals surface area contributed by atoms with Gasteiger partial charge in [0.25, 0.3) is 0 Å². The first-order valence-electron chi connectivity index (χ1n) is 4.51. The Balaban J connectivity index is 2.75. The lowest BCUT2D eigenvalue weighted by Crippen LogP contribution is -2.28. The quantitative estimate of drug-likeness (QED) is 0.621. The van der Waals surface area contributed by atoms with Crippen molar-refractivity contribution >= 4 is 0 Å². The van der Waals surface area contributed by atoms with E-state index in [-0.39, 0.29) is 0 Å². The highest BCUT2D eigenvalue weighted by atomic mass is 19.4. The van der Waals surface area contributed by atoms with Gasteiger partial charge >= 0.3 is 6.18 Å². The van der Waals surface area contributed by atoms with Gasteiger partial charge in [0.05, 0.1) is 5.56 Å². The van der Waals surface area contributed by atoms with E-state index < -0.39 is 11.7 Å². The second kappa shape index (κ2) is 4.63. The van der Waals surface area contributed by atoms with E-state index in [0.717, 1.165) is 12.1 Å². The Bertz CT molecular complexity index is 321. The van der Waals surface area contributed by atoms with Crippen molar-refractivity contribution in [2.75, 3.05) is 13.6 Å². The molecular weight excluding hydrogens is 205 g/mol. The second-order valence-electron chi connectivity index (χ2n) is 3.43. The number of benzene rings is 1. The number of nitrogens with two attached hydrogens (primary N) is 1. The topological polar surface area (TPSA) is 29.3 Å². The van der Waals surface area contributed by atoms with Gasteiger partial charge in [-0.1, -0.05) is 18.2 Å². The molecule has 0 fully saturated rings. The number of likely N-dealkylation sites (N-methyl/N-ethyl adjacent to an activating group) is 1. The molecule has 0 heterocycles. The van der Waals surface area contributed by atoms with Gasteiger partial charge in [-0.15, -0.1) is 0 Å². The van der Waals surface area contributed by atoms with Crippen LogP contribution in [0.1, 0.15) is 11.1 Å². The molecule has 1 aromatic carbocycles. The average Bonchev–Trinajstić information content (AvgIpc) is 2.14. The first-order valence-corrected chi connectivity index (χ1v) is 4.51. The summed E-state index contributed by atoms with van der Waals surface area (Å²) < 4.78 is 37.0. The summed E-state index contributed by atoms with van der Waals surface area (Å²) in [5, 5.41) is 1.44. The molecule has 1 aromatic rings. The van der Waals surface area contributed by atoms with E-state index in [1.54, 1.807) is 13.1 Å². The third-order valence-electron chi connectivity index (χ3n) is 2.01. The molecule has 2 nitrogen and oxygen atoms in total. The summed E-state index contributed by atoms with van der Waals surface area (Å²) in [4.78, 5) is 0. The summed E-state index contributed by atoms with van der Waals surface area (Å²) >= 11 is 0. The van der Waals surface area contributed by atoms with Gasteiger partial charge in [-0.05, 0) is 18.1 Å². The Morgan fingerprint density at radius 3 is 2.53 bits per heavy atom. The molecule has 0 aliphatic rings. The molecule has 0 saturated heterocycles. The fourth-order valence-corrected chi connectivity index (χ4v) is 1.21. The second-order valence-corrected chi connectivity index (χ2v) is 3.43. The first kappa shape index (κ1) is 12.0. The lowest BCUT2D eigenvalue weighted by atomic mass is 10.1. The Labute approximate surface area is 86.5 Å². The average molecular weight is 218 g/mol. The van der Waals surface area contributed by atoms with Crippen molar-refractivity contribution in [1.82, 2.24) is 5.01 Å². The Hall–Kier alpha value is -1.07. The van der Waals surface area contributed by atoms with E-state index in [1.807, 2.05) is 0 Å². The van der Waals surface area contributed by atoms with Crippen molar-refractivity contribution in [1.29, 1.82) is 0 Å². The smallest absolute Gasteiger partial charge is 0.269 e. The van der Waals surface area contributed by atoms with Crippen LogP contribution in [0.4, 0.5) is 13.2 Å². The van der Waals surface area contributed by atoms with E-state index >= 15 is 0 Å². The summed E-state index contributed by atoms with van der Waals surface area (Å²) in [7, 11) is 1.67. The van der Waals surface area contributed by atoms with Gasteiger partial charge in [-0.3, -0.25) is 5.84 Å². The highest BCUT2D eigenvalue weighted by Gasteiger charge is 2.30. The summed E-state index contributed by atoms with van der Waals surface area (Å²) in [5.74, 6) is 5.38. The van der Waals surface area contributed by atoms with E-state index in [1.165, 1.54) is 11.1 Å². The predicted octanol–water partition coefficient (Wildman–Crippen LogP) is 2.05. The fourth-order valence-electron chi connectivity index (χ4n) is 1.21. The van der Waals surface area contributed by atoms with Crippen LogP contribution in [-0.4, -0.2) is 18.6 Å². The molecule has 0 spiro atoms. The number of halogens is 3. The monoisotopic (exact) mass is 218 g/mol. The van der Waals surface area contributed by atoms with Crippen molar-refractivity contribution in [3.63, 3.8) is 0 Å². The van der Waals surface area contributed by atoms with Gasteiger partial charge in [-0.2, -0.15) is 13.2 Å². The summed E-state index contributed by atoms with van der Waals surface area (Å²) in [5.41, 5.74) is 0.0294. The summed E-state index contributed by atoms with van der Waals surface area (Å²) in [6.07, 6.45) is -3.76. The van der Waals surface area contributed by atoms with E-state index in [2.05, 4.69) is 0 Å². The maximum absolute atomic E-state index is 12.3. The Morgan fingerprint density at radius 2 is 2.00 bits per heavy atom. The molecule has 15 heavy (non-hydrogen) atoms. The van der Waals surface area contributed by atoms with E-state index in [4.69, 9.17) is 5.84 Å². The summed E-state index contributed by atoms with van der Waals surface area (Å²) in [6, 6.07) is 5.30. The zero-order chi connectivity index (χ0) is 11.5. The predicted molar refractivity (Wildman–Crippen MR) is 52.0 cm³/mol. The Kier molecular flexibility index (Phi) is 3.71. The molecule has 0 bridgehead atoms. The van der Waals surface area contributed by atoms with Crippen LogP contribution < -0.4 is 5.84 Å². The molecule has 0 aliphatic carbocycles. The molecule has 0 radical (unpaired) electrons. The van der Waals surface area contributed by atoms with Crippen LogP contribution in [0.2, 0.25) is 0 Å². The molecule has 0 saturated carbocycles. The number of nitrogens with zero attached hydrogens (tertiary/aromatic N) is 1. The molecule has 0 aliphatic heterocycles. The Morgan fingerprint density at radius 1 is 1.33 bits per heavy atom. The highest BCUT2D eigenvalue weighted by molar-refractivity contribution is 5.25. The van der Waals surface area contributed by atoms with Crippen LogP contribution >= 0.6 is 0 Å². The number of alkyl halides is 3. The van der Waals surface area contributed by atoms with Gasteiger partial charge < -0.3 is 0 Å². The maximum atomic E-state index is 12.3.